The zero-order valence-electron chi connectivity index (χ0n) is 13.7. The highest BCUT2D eigenvalue weighted by Crippen LogP contribution is 2.29. The number of amides is 2. The van der Waals surface area contributed by atoms with Crippen molar-refractivity contribution >= 4 is 15.9 Å². The minimum Gasteiger partial charge on any atom is -0.338 e. The molecule has 2 N–H and O–H groups in total. The largest absolute Gasteiger partial charge is 0.338 e. The standard InChI is InChI=1S/C17H26N2O3S/c1-2-12-18-17(20)19-13-11-14-7-9-16(10-8-14)23(21,22)15-5-3-4-6-15/h7-10,15H,2-6,11-13H2,1H3,(H2,18,19,20). The Morgan fingerprint density at radius 2 is 1.70 bits per heavy atom. The highest BCUT2D eigenvalue weighted by Gasteiger charge is 2.29. The van der Waals surface area contributed by atoms with Crippen LogP contribution in [0.1, 0.15) is 44.6 Å². The molecule has 5 nitrogen and oxygen atoms in total. The predicted molar refractivity (Wildman–Crippen MR) is 91.3 cm³/mol. The molecule has 0 atom stereocenters. The van der Waals surface area contributed by atoms with E-state index < -0.39 is 9.84 Å². The Balaban J connectivity index is 1.86. The first-order valence-electron chi connectivity index (χ1n) is 8.38. The molecule has 0 heterocycles. The van der Waals surface area contributed by atoms with Crippen LogP contribution in [0, 0.1) is 0 Å². The third-order valence-electron chi connectivity index (χ3n) is 4.23. The number of hydrogen-bond donors (Lipinski definition) is 2. The zero-order chi connectivity index (χ0) is 16.7. The minimum atomic E-state index is -3.18. The topological polar surface area (TPSA) is 75.3 Å². The number of rotatable bonds is 7. The lowest BCUT2D eigenvalue weighted by Crippen LogP contribution is -2.36. The maximum atomic E-state index is 12.5. The van der Waals surface area contributed by atoms with Gasteiger partial charge < -0.3 is 10.6 Å². The van der Waals surface area contributed by atoms with Crippen molar-refractivity contribution in [2.45, 2.75) is 55.6 Å². The number of benzene rings is 1. The summed E-state index contributed by atoms with van der Waals surface area (Å²) in [5.74, 6) is 0. The Bertz CT molecular complexity index is 605. The molecule has 128 valence electrons. The molecule has 0 spiro atoms. The average Bonchev–Trinajstić information content (AvgIpc) is 3.09. The lowest BCUT2D eigenvalue weighted by atomic mass is 10.1. The summed E-state index contributed by atoms with van der Waals surface area (Å²) in [6.07, 6.45) is 5.16. The van der Waals surface area contributed by atoms with E-state index in [-0.39, 0.29) is 11.3 Å². The fraction of sp³-hybridized carbons (Fsp3) is 0.588. The molecule has 0 saturated heterocycles. The van der Waals surface area contributed by atoms with Gasteiger partial charge in [-0.05, 0) is 43.4 Å². The van der Waals surface area contributed by atoms with E-state index in [9.17, 15) is 13.2 Å². The van der Waals surface area contributed by atoms with Gasteiger partial charge in [-0.1, -0.05) is 31.9 Å². The van der Waals surface area contributed by atoms with Crippen LogP contribution < -0.4 is 10.6 Å². The highest BCUT2D eigenvalue weighted by molar-refractivity contribution is 7.92. The fourth-order valence-corrected chi connectivity index (χ4v) is 4.71. The molecule has 1 aliphatic carbocycles. The van der Waals surface area contributed by atoms with Crippen molar-refractivity contribution in [3.05, 3.63) is 29.8 Å². The van der Waals surface area contributed by atoms with E-state index in [1.54, 1.807) is 12.1 Å². The molecule has 23 heavy (non-hydrogen) atoms. The molecule has 1 aromatic carbocycles. The molecular weight excluding hydrogens is 312 g/mol. The van der Waals surface area contributed by atoms with Crippen LogP contribution in [0.3, 0.4) is 0 Å². The minimum absolute atomic E-state index is 0.160. The number of sulfone groups is 1. The highest BCUT2D eigenvalue weighted by atomic mass is 32.2. The van der Waals surface area contributed by atoms with Crippen molar-refractivity contribution in [3.63, 3.8) is 0 Å². The van der Waals surface area contributed by atoms with Crippen molar-refractivity contribution in [1.29, 1.82) is 0 Å². The molecule has 0 radical (unpaired) electrons. The van der Waals surface area contributed by atoms with E-state index in [4.69, 9.17) is 0 Å². The Labute approximate surface area is 138 Å². The number of carbonyl (C=O) groups is 1. The first kappa shape index (κ1) is 17.8. The molecule has 1 saturated carbocycles. The van der Waals surface area contributed by atoms with Crippen molar-refractivity contribution < 1.29 is 13.2 Å². The summed E-state index contributed by atoms with van der Waals surface area (Å²) >= 11 is 0. The summed E-state index contributed by atoms with van der Waals surface area (Å²) in [6.45, 7) is 3.20. The molecule has 0 bridgehead atoms. The summed E-state index contributed by atoms with van der Waals surface area (Å²) in [6, 6.07) is 6.91. The molecule has 0 aromatic heterocycles. The van der Waals surface area contributed by atoms with Gasteiger partial charge in [0.25, 0.3) is 0 Å². The third kappa shape index (κ3) is 4.96. The Morgan fingerprint density at radius 3 is 2.30 bits per heavy atom. The Morgan fingerprint density at radius 1 is 1.09 bits per heavy atom. The van der Waals surface area contributed by atoms with Crippen molar-refractivity contribution in [1.82, 2.24) is 10.6 Å². The van der Waals surface area contributed by atoms with E-state index in [0.717, 1.165) is 37.7 Å². The van der Waals surface area contributed by atoms with Crippen LogP contribution in [0.4, 0.5) is 4.79 Å². The van der Waals surface area contributed by atoms with Gasteiger partial charge in [0.1, 0.15) is 0 Å². The molecule has 1 fully saturated rings. The van der Waals surface area contributed by atoms with E-state index in [0.29, 0.717) is 24.4 Å². The van der Waals surface area contributed by atoms with Gasteiger partial charge in [0.15, 0.2) is 9.84 Å². The van der Waals surface area contributed by atoms with Crippen molar-refractivity contribution in [3.8, 4) is 0 Å². The van der Waals surface area contributed by atoms with Gasteiger partial charge in [-0.15, -0.1) is 0 Å². The van der Waals surface area contributed by atoms with Crippen LogP contribution in [0.25, 0.3) is 0 Å². The molecule has 1 aliphatic rings. The quantitative estimate of drug-likeness (QED) is 0.802. The summed E-state index contributed by atoms with van der Waals surface area (Å²) in [5, 5.41) is 5.33. The molecular formula is C17H26N2O3S. The lowest BCUT2D eigenvalue weighted by molar-refractivity contribution is 0.241. The second-order valence-electron chi connectivity index (χ2n) is 6.03. The zero-order valence-corrected chi connectivity index (χ0v) is 14.5. The van der Waals surface area contributed by atoms with Crippen LogP contribution in [-0.2, 0) is 16.3 Å². The van der Waals surface area contributed by atoms with E-state index in [1.807, 2.05) is 19.1 Å². The average molecular weight is 338 g/mol. The van der Waals surface area contributed by atoms with Crippen LogP contribution in [0.2, 0.25) is 0 Å². The second kappa shape index (κ2) is 8.34. The molecule has 1 aromatic rings. The second-order valence-corrected chi connectivity index (χ2v) is 8.26. The first-order chi connectivity index (χ1) is 11.0. The summed E-state index contributed by atoms with van der Waals surface area (Å²) in [4.78, 5) is 11.8. The van der Waals surface area contributed by atoms with E-state index in [1.165, 1.54) is 0 Å². The Kier molecular flexibility index (Phi) is 6.45. The number of urea groups is 1. The van der Waals surface area contributed by atoms with E-state index in [2.05, 4.69) is 10.6 Å². The van der Waals surface area contributed by atoms with Crippen LogP contribution in [-0.4, -0.2) is 32.8 Å². The van der Waals surface area contributed by atoms with Crippen LogP contribution in [0.5, 0.6) is 0 Å². The first-order valence-corrected chi connectivity index (χ1v) is 9.93. The lowest BCUT2D eigenvalue weighted by Gasteiger charge is -2.12. The van der Waals surface area contributed by atoms with Gasteiger partial charge >= 0.3 is 6.03 Å². The van der Waals surface area contributed by atoms with Gasteiger partial charge in [0.2, 0.25) is 0 Å². The van der Waals surface area contributed by atoms with Gasteiger partial charge in [-0.2, -0.15) is 0 Å². The van der Waals surface area contributed by atoms with E-state index >= 15 is 0 Å². The monoisotopic (exact) mass is 338 g/mol. The summed E-state index contributed by atoms with van der Waals surface area (Å²) < 4.78 is 25.0. The maximum absolute atomic E-state index is 12.5. The molecule has 2 amide bonds. The van der Waals surface area contributed by atoms with Crippen molar-refractivity contribution in [2.24, 2.45) is 0 Å². The third-order valence-corrected chi connectivity index (χ3v) is 6.51. The summed E-state index contributed by atoms with van der Waals surface area (Å²) in [5.41, 5.74) is 1.02. The Hall–Kier alpha value is -1.56. The SMILES string of the molecule is CCCNC(=O)NCCc1ccc(S(=O)(=O)C2CCCC2)cc1. The number of hydrogen-bond acceptors (Lipinski definition) is 3. The maximum Gasteiger partial charge on any atom is 0.314 e. The number of nitrogens with one attached hydrogen (secondary N) is 2. The van der Waals surface area contributed by atoms with Crippen molar-refractivity contribution in [2.75, 3.05) is 13.1 Å². The van der Waals surface area contributed by atoms with Gasteiger partial charge in [0.05, 0.1) is 10.1 Å². The molecule has 0 aliphatic heterocycles. The molecule has 0 unspecified atom stereocenters. The predicted octanol–water partition coefficient (Wildman–Crippen LogP) is 2.65. The normalized spacial score (nSPS) is 15.5. The summed E-state index contributed by atoms with van der Waals surface area (Å²) in [7, 11) is -3.18. The van der Waals surface area contributed by atoms with Gasteiger partial charge in [-0.25, -0.2) is 13.2 Å². The smallest absolute Gasteiger partial charge is 0.314 e. The number of carbonyl (C=O) groups excluding carboxylic acids is 1. The fourth-order valence-electron chi connectivity index (χ4n) is 2.86. The molecule has 2 rings (SSSR count). The van der Waals surface area contributed by atoms with Gasteiger partial charge in [0, 0.05) is 13.1 Å². The van der Waals surface area contributed by atoms with Gasteiger partial charge in [-0.3, -0.25) is 0 Å². The molecule has 6 heteroatoms. The van der Waals surface area contributed by atoms with Crippen LogP contribution in [0.15, 0.2) is 29.2 Å². The van der Waals surface area contributed by atoms with Crippen LogP contribution >= 0.6 is 0 Å².